The van der Waals surface area contributed by atoms with Gasteiger partial charge in [-0.05, 0) is 75.3 Å². The highest BCUT2D eigenvalue weighted by Gasteiger charge is 2.54. The molecule has 200 valence electrons. The molecule has 1 aromatic heterocycles. The van der Waals surface area contributed by atoms with Gasteiger partial charge in [-0.3, -0.25) is 4.79 Å². The normalized spacial score (nSPS) is 19.7. The summed E-state index contributed by atoms with van der Waals surface area (Å²) in [6, 6.07) is 8.77. The third-order valence-electron chi connectivity index (χ3n) is 8.53. The van der Waals surface area contributed by atoms with Crippen LogP contribution >= 0.6 is 0 Å². The summed E-state index contributed by atoms with van der Waals surface area (Å²) in [4.78, 5) is 15.8. The van der Waals surface area contributed by atoms with Gasteiger partial charge in [0.15, 0.2) is 5.82 Å². The van der Waals surface area contributed by atoms with Gasteiger partial charge in [-0.25, -0.2) is 0 Å². The van der Waals surface area contributed by atoms with Gasteiger partial charge in [-0.2, -0.15) is 13.9 Å². The standard InChI is InChI=1S/C29H32F2N4O3/c1-16-20(5-4-6-23(16)29(30,31)15-36)17(2)32-26-22-14-25-24(13-21(22)18(3)33-34-26)28(9-11-38-12-10-28)27(37)35(25)19-7-8-19/h4-6,13-14,17,19,36H,7-12,15H2,1-3H3,(H,32,34)/t17-/m1/s1. The van der Waals surface area contributed by atoms with E-state index in [0.29, 0.717) is 43.0 Å². The molecule has 2 aliphatic heterocycles. The molecule has 9 heteroatoms. The molecule has 0 bridgehead atoms. The van der Waals surface area contributed by atoms with E-state index in [9.17, 15) is 18.7 Å². The number of nitrogens with one attached hydrogen (secondary N) is 1. The number of nitrogens with zero attached hydrogens (tertiary/aromatic N) is 3. The Morgan fingerprint density at radius 3 is 2.61 bits per heavy atom. The summed E-state index contributed by atoms with van der Waals surface area (Å²) in [5, 5.41) is 23.2. The van der Waals surface area contributed by atoms with E-state index in [0.717, 1.165) is 40.6 Å². The van der Waals surface area contributed by atoms with E-state index in [4.69, 9.17) is 4.74 Å². The summed E-state index contributed by atoms with van der Waals surface area (Å²) in [5.74, 6) is -2.61. The fourth-order valence-corrected chi connectivity index (χ4v) is 6.25. The average molecular weight is 523 g/mol. The van der Waals surface area contributed by atoms with E-state index < -0.39 is 17.9 Å². The molecule has 1 saturated carbocycles. The highest BCUT2D eigenvalue weighted by molar-refractivity contribution is 6.12. The van der Waals surface area contributed by atoms with E-state index in [1.165, 1.54) is 6.07 Å². The molecular formula is C29H32F2N4O3. The molecule has 38 heavy (non-hydrogen) atoms. The van der Waals surface area contributed by atoms with Crippen LogP contribution in [0.1, 0.15) is 66.6 Å². The Kier molecular flexibility index (Phi) is 5.92. The Hall–Kier alpha value is -3.17. The van der Waals surface area contributed by atoms with Gasteiger partial charge in [-0.15, -0.1) is 5.10 Å². The SMILES string of the molecule is Cc1c([C@@H](C)Nc2nnc(C)c3cc4c(cc23)N(C2CC2)C(=O)C42CCOCC2)cccc1C(F)(F)CO. The van der Waals surface area contributed by atoms with Gasteiger partial charge in [0.05, 0.1) is 17.2 Å². The molecule has 1 spiro atoms. The molecule has 6 rings (SSSR count). The maximum atomic E-state index is 14.4. The van der Waals surface area contributed by atoms with Crippen molar-refractivity contribution in [1.29, 1.82) is 0 Å². The number of aryl methyl sites for hydroxylation is 1. The van der Waals surface area contributed by atoms with Crippen LogP contribution in [-0.4, -0.2) is 47.1 Å². The van der Waals surface area contributed by atoms with Crippen molar-refractivity contribution in [1.82, 2.24) is 10.2 Å². The topological polar surface area (TPSA) is 87.6 Å². The van der Waals surface area contributed by atoms with Crippen LogP contribution in [0.25, 0.3) is 10.8 Å². The number of carbonyl (C=O) groups is 1. The number of carbonyl (C=O) groups excluding carboxylic acids is 1. The summed E-state index contributed by atoms with van der Waals surface area (Å²) in [6.45, 7) is 5.32. The summed E-state index contributed by atoms with van der Waals surface area (Å²) >= 11 is 0. The second kappa shape index (κ2) is 8.95. The van der Waals surface area contributed by atoms with Gasteiger partial charge < -0.3 is 20.1 Å². The van der Waals surface area contributed by atoms with E-state index >= 15 is 0 Å². The number of aliphatic hydroxyl groups excluding tert-OH is 1. The predicted octanol–water partition coefficient (Wildman–Crippen LogP) is 5.06. The molecule has 0 radical (unpaired) electrons. The Balaban J connectivity index is 1.44. The minimum absolute atomic E-state index is 0.173. The van der Waals surface area contributed by atoms with Gasteiger partial charge in [0.25, 0.3) is 5.92 Å². The minimum atomic E-state index is -3.32. The Morgan fingerprint density at radius 2 is 1.92 bits per heavy atom. The summed E-state index contributed by atoms with van der Waals surface area (Å²) < 4.78 is 34.3. The Morgan fingerprint density at radius 1 is 1.18 bits per heavy atom. The summed E-state index contributed by atoms with van der Waals surface area (Å²) in [7, 11) is 0. The number of rotatable bonds is 6. The summed E-state index contributed by atoms with van der Waals surface area (Å²) in [5.41, 5.74) is 3.11. The minimum Gasteiger partial charge on any atom is -0.390 e. The van der Waals surface area contributed by atoms with Gasteiger partial charge >= 0.3 is 0 Å². The molecule has 2 N–H and O–H groups in total. The molecule has 3 aromatic rings. The fourth-order valence-electron chi connectivity index (χ4n) is 6.25. The lowest BCUT2D eigenvalue weighted by molar-refractivity contribution is -0.126. The predicted molar refractivity (Wildman–Crippen MR) is 141 cm³/mol. The van der Waals surface area contributed by atoms with Crippen molar-refractivity contribution < 1.29 is 23.4 Å². The van der Waals surface area contributed by atoms with Crippen molar-refractivity contribution in [2.45, 2.75) is 69.9 Å². The van der Waals surface area contributed by atoms with Crippen LogP contribution in [0.3, 0.4) is 0 Å². The third-order valence-corrected chi connectivity index (χ3v) is 8.53. The number of benzene rings is 2. The first-order valence-corrected chi connectivity index (χ1v) is 13.3. The average Bonchev–Trinajstić information content (AvgIpc) is 3.72. The zero-order valence-electron chi connectivity index (χ0n) is 21.9. The van der Waals surface area contributed by atoms with Gasteiger partial charge in [0.2, 0.25) is 5.91 Å². The second-order valence-electron chi connectivity index (χ2n) is 10.9. The lowest BCUT2D eigenvalue weighted by atomic mass is 9.74. The van der Waals surface area contributed by atoms with Crippen molar-refractivity contribution in [3.05, 3.63) is 58.3 Å². The number of aromatic nitrogens is 2. The first-order valence-electron chi connectivity index (χ1n) is 13.3. The second-order valence-corrected chi connectivity index (χ2v) is 10.9. The van der Waals surface area contributed by atoms with Crippen LogP contribution in [0.15, 0.2) is 30.3 Å². The van der Waals surface area contributed by atoms with Crippen molar-refractivity contribution in [2.24, 2.45) is 0 Å². The molecule has 3 heterocycles. The lowest BCUT2D eigenvalue weighted by Gasteiger charge is -2.32. The third kappa shape index (κ3) is 3.78. The van der Waals surface area contributed by atoms with Gasteiger partial charge in [-0.1, -0.05) is 18.2 Å². The highest BCUT2D eigenvalue weighted by Crippen LogP contribution is 2.52. The summed E-state index contributed by atoms with van der Waals surface area (Å²) in [6.07, 6.45) is 3.34. The molecule has 1 saturated heterocycles. The zero-order chi connectivity index (χ0) is 26.8. The Bertz CT molecular complexity index is 1430. The van der Waals surface area contributed by atoms with Crippen LogP contribution in [0.5, 0.6) is 0 Å². The number of fused-ring (bicyclic) bond motifs is 3. The van der Waals surface area contributed by atoms with Crippen molar-refractivity contribution in [3.8, 4) is 0 Å². The van der Waals surface area contributed by atoms with E-state index in [1.807, 2.05) is 18.7 Å². The van der Waals surface area contributed by atoms with Gasteiger partial charge in [0, 0.05) is 41.3 Å². The molecule has 7 nitrogen and oxygen atoms in total. The molecular weight excluding hydrogens is 490 g/mol. The van der Waals surface area contributed by atoms with Crippen LogP contribution in [0, 0.1) is 13.8 Å². The number of hydrogen-bond acceptors (Lipinski definition) is 6. The quantitative estimate of drug-likeness (QED) is 0.471. The van der Waals surface area contributed by atoms with Gasteiger partial charge in [0.1, 0.15) is 6.61 Å². The van der Waals surface area contributed by atoms with E-state index in [2.05, 4.69) is 27.6 Å². The number of amides is 1. The molecule has 2 aromatic carbocycles. The fraction of sp³-hybridized carbons (Fsp3) is 0.483. The molecule has 1 atom stereocenters. The number of hydrogen-bond donors (Lipinski definition) is 2. The smallest absolute Gasteiger partial charge is 0.296 e. The van der Waals surface area contributed by atoms with Crippen LogP contribution < -0.4 is 10.2 Å². The maximum Gasteiger partial charge on any atom is 0.296 e. The largest absolute Gasteiger partial charge is 0.390 e. The number of anilines is 2. The monoisotopic (exact) mass is 522 g/mol. The highest BCUT2D eigenvalue weighted by atomic mass is 19.3. The molecule has 0 unspecified atom stereocenters. The van der Waals surface area contributed by atoms with Crippen LogP contribution in [0.2, 0.25) is 0 Å². The number of alkyl halides is 2. The first kappa shape index (κ1) is 25.1. The van der Waals surface area contributed by atoms with E-state index in [1.54, 1.807) is 19.1 Å². The molecule has 2 fully saturated rings. The molecule has 1 aliphatic carbocycles. The zero-order valence-corrected chi connectivity index (χ0v) is 21.9. The number of halogens is 2. The van der Waals surface area contributed by atoms with E-state index in [-0.39, 0.29) is 23.6 Å². The molecule has 3 aliphatic rings. The van der Waals surface area contributed by atoms with Crippen LogP contribution in [-0.2, 0) is 20.9 Å². The van der Waals surface area contributed by atoms with Crippen molar-refractivity contribution in [3.63, 3.8) is 0 Å². The number of aliphatic hydroxyl groups is 1. The lowest BCUT2D eigenvalue weighted by Crippen LogP contribution is -2.44. The van der Waals surface area contributed by atoms with Crippen molar-refractivity contribution in [2.75, 3.05) is 30.0 Å². The number of ether oxygens (including phenoxy) is 1. The molecule has 1 amide bonds. The Labute approximate surface area is 220 Å². The van der Waals surface area contributed by atoms with Crippen LogP contribution in [0.4, 0.5) is 20.3 Å². The van der Waals surface area contributed by atoms with Crippen molar-refractivity contribution >= 4 is 28.2 Å². The maximum absolute atomic E-state index is 14.4. The first-order chi connectivity index (χ1) is 18.2.